The molecule has 2 N–H and O–H groups in total. The Kier molecular flexibility index (Phi) is 4.37. The Morgan fingerprint density at radius 2 is 2.43 bits per heavy atom. The minimum atomic E-state index is 0.160. The molecule has 6 heteroatoms. The molecule has 0 radical (unpaired) electrons. The Morgan fingerprint density at radius 1 is 1.57 bits per heavy atom. The molecule has 1 fully saturated rings. The van der Waals surface area contributed by atoms with Crippen molar-refractivity contribution >= 4 is 28.6 Å². The first-order valence-electron chi connectivity index (χ1n) is 7.15. The normalized spacial score (nSPS) is 19.9. The SMILES string of the molecule is CC(N)C1CCN(C(=O)Cc2csc(-c3cccs3)n2)C1. The summed E-state index contributed by atoms with van der Waals surface area (Å²) >= 11 is 3.28. The third kappa shape index (κ3) is 3.33. The molecule has 0 spiro atoms. The van der Waals surface area contributed by atoms with Gasteiger partial charge in [-0.1, -0.05) is 6.07 Å². The molecule has 0 saturated carbocycles. The molecule has 1 aliphatic heterocycles. The summed E-state index contributed by atoms with van der Waals surface area (Å²) in [6.45, 7) is 3.64. The van der Waals surface area contributed by atoms with Crippen LogP contribution in [0, 0.1) is 5.92 Å². The number of thiophene rings is 1. The molecular formula is C15H19N3OS2. The second-order valence-corrected chi connectivity index (χ2v) is 7.35. The number of nitrogens with two attached hydrogens (primary N) is 1. The van der Waals surface area contributed by atoms with Crippen LogP contribution < -0.4 is 5.73 Å². The monoisotopic (exact) mass is 321 g/mol. The third-order valence-corrected chi connectivity index (χ3v) is 5.87. The smallest absolute Gasteiger partial charge is 0.228 e. The van der Waals surface area contributed by atoms with E-state index in [2.05, 4.69) is 11.1 Å². The van der Waals surface area contributed by atoms with Crippen molar-refractivity contribution in [3.05, 3.63) is 28.6 Å². The molecule has 0 aromatic carbocycles. The van der Waals surface area contributed by atoms with Gasteiger partial charge in [-0.3, -0.25) is 4.79 Å². The van der Waals surface area contributed by atoms with Crippen LogP contribution >= 0.6 is 22.7 Å². The molecule has 3 rings (SSSR count). The van der Waals surface area contributed by atoms with E-state index in [1.807, 2.05) is 28.7 Å². The number of rotatable bonds is 4. The van der Waals surface area contributed by atoms with Gasteiger partial charge in [-0.05, 0) is 30.7 Å². The van der Waals surface area contributed by atoms with Gasteiger partial charge in [0, 0.05) is 24.5 Å². The van der Waals surface area contributed by atoms with Crippen molar-refractivity contribution in [2.45, 2.75) is 25.8 Å². The van der Waals surface area contributed by atoms with E-state index in [0.29, 0.717) is 12.3 Å². The fraction of sp³-hybridized carbons (Fsp3) is 0.467. The summed E-state index contributed by atoms with van der Waals surface area (Å²) in [6, 6.07) is 4.24. The predicted octanol–water partition coefficient (Wildman–Crippen LogP) is 2.61. The number of carbonyl (C=O) groups is 1. The van der Waals surface area contributed by atoms with Gasteiger partial charge in [0.25, 0.3) is 0 Å². The second kappa shape index (κ2) is 6.25. The maximum atomic E-state index is 12.3. The zero-order valence-corrected chi connectivity index (χ0v) is 13.6. The summed E-state index contributed by atoms with van der Waals surface area (Å²) in [5.41, 5.74) is 6.80. The molecule has 0 aliphatic carbocycles. The second-order valence-electron chi connectivity index (χ2n) is 5.55. The van der Waals surface area contributed by atoms with E-state index in [1.165, 1.54) is 0 Å². The van der Waals surface area contributed by atoms with E-state index in [-0.39, 0.29) is 11.9 Å². The molecule has 2 unspecified atom stereocenters. The zero-order valence-electron chi connectivity index (χ0n) is 12.0. The van der Waals surface area contributed by atoms with Gasteiger partial charge in [-0.25, -0.2) is 4.98 Å². The summed E-state index contributed by atoms with van der Waals surface area (Å²) in [4.78, 5) is 20.0. The van der Waals surface area contributed by atoms with E-state index < -0.39 is 0 Å². The lowest BCUT2D eigenvalue weighted by Gasteiger charge is -2.17. The van der Waals surface area contributed by atoms with Gasteiger partial charge in [0.1, 0.15) is 5.01 Å². The summed E-state index contributed by atoms with van der Waals surface area (Å²) < 4.78 is 0. The number of hydrogen-bond acceptors (Lipinski definition) is 5. The maximum Gasteiger partial charge on any atom is 0.228 e. The van der Waals surface area contributed by atoms with Gasteiger partial charge < -0.3 is 10.6 Å². The van der Waals surface area contributed by atoms with Crippen LogP contribution in [0.15, 0.2) is 22.9 Å². The third-order valence-electron chi connectivity index (χ3n) is 3.94. The van der Waals surface area contributed by atoms with Crippen molar-refractivity contribution in [1.29, 1.82) is 0 Å². The van der Waals surface area contributed by atoms with E-state index >= 15 is 0 Å². The Hall–Kier alpha value is -1.24. The minimum absolute atomic E-state index is 0.160. The van der Waals surface area contributed by atoms with Crippen LogP contribution in [0.1, 0.15) is 19.0 Å². The van der Waals surface area contributed by atoms with E-state index in [9.17, 15) is 4.79 Å². The van der Waals surface area contributed by atoms with Crippen LogP contribution in [0.5, 0.6) is 0 Å². The number of likely N-dealkylation sites (tertiary alicyclic amines) is 1. The van der Waals surface area contributed by atoms with E-state index in [4.69, 9.17) is 5.73 Å². The minimum Gasteiger partial charge on any atom is -0.342 e. The van der Waals surface area contributed by atoms with Gasteiger partial charge >= 0.3 is 0 Å². The average Bonchev–Trinajstić information content (AvgIpc) is 3.19. The van der Waals surface area contributed by atoms with Gasteiger partial charge in [0.15, 0.2) is 0 Å². The average molecular weight is 321 g/mol. The van der Waals surface area contributed by atoms with Gasteiger partial charge in [0.05, 0.1) is 17.0 Å². The van der Waals surface area contributed by atoms with Crippen LogP contribution in [0.2, 0.25) is 0 Å². The van der Waals surface area contributed by atoms with Gasteiger partial charge in [-0.15, -0.1) is 22.7 Å². The molecular weight excluding hydrogens is 302 g/mol. The number of amides is 1. The van der Waals surface area contributed by atoms with Crippen molar-refractivity contribution in [2.24, 2.45) is 11.7 Å². The summed E-state index contributed by atoms with van der Waals surface area (Å²) in [7, 11) is 0. The highest BCUT2D eigenvalue weighted by Crippen LogP contribution is 2.28. The Morgan fingerprint density at radius 3 is 3.10 bits per heavy atom. The van der Waals surface area contributed by atoms with Crippen LogP contribution in [0.3, 0.4) is 0 Å². The Labute approximate surface area is 132 Å². The number of thiazole rings is 1. The number of carbonyl (C=O) groups excluding carboxylic acids is 1. The molecule has 21 heavy (non-hydrogen) atoms. The van der Waals surface area contributed by atoms with Crippen molar-refractivity contribution in [1.82, 2.24) is 9.88 Å². The lowest BCUT2D eigenvalue weighted by Crippen LogP contribution is -2.33. The highest BCUT2D eigenvalue weighted by molar-refractivity contribution is 7.20. The fourth-order valence-corrected chi connectivity index (χ4v) is 4.25. The Bertz CT molecular complexity index is 606. The van der Waals surface area contributed by atoms with Crippen LogP contribution in [0.4, 0.5) is 0 Å². The molecule has 112 valence electrons. The number of hydrogen-bond donors (Lipinski definition) is 1. The summed E-state index contributed by atoms with van der Waals surface area (Å²) in [6.07, 6.45) is 1.41. The molecule has 2 atom stereocenters. The fourth-order valence-electron chi connectivity index (χ4n) is 2.61. The van der Waals surface area contributed by atoms with Crippen molar-refractivity contribution < 1.29 is 4.79 Å². The van der Waals surface area contributed by atoms with Crippen molar-refractivity contribution in [2.75, 3.05) is 13.1 Å². The Balaban J connectivity index is 1.61. The highest BCUT2D eigenvalue weighted by Gasteiger charge is 2.28. The molecule has 3 heterocycles. The lowest BCUT2D eigenvalue weighted by atomic mass is 10.0. The van der Waals surface area contributed by atoms with E-state index in [1.54, 1.807) is 22.7 Å². The first kappa shape index (κ1) is 14.7. The summed E-state index contributed by atoms with van der Waals surface area (Å²) in [5, 5.41) is 5.04. The highest BCUT2D eigenvalue weighted by atomic mass is 32.1. The number of aromatic nitrogens is 1. The van der Waals surface area contributed by atoms with Crippen LogP contribution in [0.25, 0.3) is 9.88 Å². The molecule has 1 aliphatic rings. The first-order valence-corrected chi connectivity index (χ1v) is 8.91. The van der Waals surface area contributed by atoms with E-state index in [0.717, 1.165) is 35.1 Å². The first-order chi connectivity index (χ1) is 10.1. The number of nitrogens with zero attached hydrogens (tertiary/aromatic N) is 2. The lowest BCUT2D eigenvalue weighted by molar-refractivity contribution is -0.129. The molecule has 0 bridgehead atoms. The van der Waals surface area contributed by atoms with Crippen LogP contribution in [-0.2, 0) is 11.2 Å². The molecule has 4 nitrogen and oxygen atoms in total. The van der Waals surface area contributed by atoms with Crippen molar-refractivity contribution in [3.63, 3.8) is 0 Å². The molecule has 2 aromatic rings. The quantitative estimate of drug-likeness (QED) is 0.941. The van der Waals surface area contributed by atoms with Crippen LogP contribution in [-0.4, -0.2) is 34.9 Å². The molecule has 2 aromatic heterocycles. The van der Waals surface area contributed by atoms with Gasteiger partial charge in [0.2, 0.25) is 5.91 Å². The standard InChI is InChI=1S/C15H19N3OS2/c1-10(16)11-4-5-18(8-11)14(19)7-12-9-21-15(17-12)13-3-2-6-20-13/h2-3,6,9-11H,4-5,7-8,16H2,1H3. The van der Waals surface area contributed by atoms with Gasteiger partial charge in [-0.2, -0.15) is 0 Å². The van der Waals surface area contributed by atoms with Crippen molar-refractivity contribution in [3.8, 4) is 9.88 Å². The molecule has 1 saturated heterocycles. The summed E-state index contributed by atoms with van der Waals surface area (Å²) in [5.74, 6) is 0.604. The zero-order chi connectivity index (χ0) is 14.8. The maximum absolute atomic E-state index is 12.3. The topological polar surface area (TPSA) is 59.2 Å². The molecule has 1 amide bonds. The largest absolute Gasteiger partial charge is 0.342 e. The predicted molar refractivity (Wildman–Crippen MR) is 87.5 cm³/mol.